The number of carbonyl (C=O) groups is 2. The number of halogens is 1. The third kappa shape index (κ3) is 3.97. The Morgan fingerprint density at radius 2 is 1.63 bits per heavy atom. The summed E-state index contributed by atoms with van der Waals surface area (Å²) in [5, 5.41) is 4.61. The molecule has 0 spiro atoms. The number of benzene rings is 2. The minimum Gasteiger partial charge on any atom is -0.402 e. The first-order valence-electron chi connectivity index (χ1n) is 11.9. The van der Waals surface area contributed by atoms with E-state index in [0.29, 0.717) is 6.42 Å². The second-order valence-corrected chi connectivity index (χ2v) is 16.5. The van der Waals surface area contributed by atoms with Crippen molar-refractivity contribution in [2.75, 3.05) is 6.61 Å². The van der Waals surface area contributed by atoms with Crippen molar-refractivity contribution in [1.82, 2.24) is 10.2 Å². The molecule has 3 heterocycles. The van der Waals surface area contributed by atoms with Gasteiger partial charge in [0.2, 0.25) is 5.91 Å². The van der Waals surface area contributed by atoms with Gasteiger partial charge in [-0.1, -0.05) is 97.4 Å². The van der Waals surface area contributed by atoms with E-state index in [1.165, 1.54) is 15.3 Å². The Morgan fingerprint density at radius 1 is 1.06 bits per heavy atom. The first-order chi connectivity index (χ1) is 16.6. The van der Waals surface area contributed by atoms with Gasteiger partial charge in [-0.05, 0) is 22.3 Å². The van der Waals surface area contributed by atoms with Crippen LogP contribution in [-0.4, -0.2) is 60.8 Å². The molecule has 35 heavy (non-hydrogen) atoms. The molecule has 186 valence electrons. The van der Waals surface area contributed by atoms with Gasteiger partial charge in [0, 0.05) is 6.42 Å². The molecule has 3 aliphatic heterocycles. The molecule has 1 N–H and O–H groups in total. The Balaban J connectivity index is 1.53. The van der Waals surface area contributed by atoms with E-state index < -0.39 is 37.0 Å². The van der Waals surface area contributed by atoms with Crippen molar-refractivity contribution in [2.24, 2.45) is 0 Å². The summed E-state index contributed by atoms with van der Waals surface area (Å²) in [6, 6.07) is 20.4. The fraction of sp³-hybridized carbons (Fsp3) is 0.462. The van der Waals surface area contributed by atoms with Crippen LogP contribution in [0.25, 0.3) is 0 Å². The molecule has 3 aliphatic rings. The van der Waals surface area contributed by atoms with E-state index in [-0.39, 0.29) is 23.9 Å². The number of fused-ring (bicyclic) bond motifs is 4. The quantitative estimate of drug-likeness (QED) is 0.461. The fourth-order valence-corrected chi connectivity index (χ4v) is 10.7. The van der Waals surface area contributed by atoms with Gasteiger partial charge in [-0.25, -0.2) is 4.79 Å². The van der Waals surface area contributed by atoms with Gasteiger partial charge in [0.1, 0.15) is 16.7 Å². The molecule has 5 rings (SSSR count). The number of urea groups is 1. The van der Waals surface area contributed by atoms with E-state index >= 15 is 0 Å². The van der Waals surface area contributed by atoms with E-state index in [0.717, 1.165) is 0 Å². The Labute approximate surface area is 215 Å². The zero-order valence-electron chi connectivity index (χ0n) is 20.4. The molecule has 2 bridgehead atoms. The van der Waals surface area contributed by atoms with Crippen LogP contribution in [0.2, 0.25) is 5.04 Å². The summed E-state index contributed by atoms with van der Waals surface area (Å²) in [5.41, 5.74) is 0. The third-order valence-electron chi connectivity index (χ3n) is 7.27. The summed E-state index contributed by atoms with van der Waals surface area (Å²) in [4.78, 5) is 26.8. The predicted octanol–water partition coefficient (Wildman–Crippen LogP) is 3.11. The normalized spacial score (nSPS) is 31.1. The van der Waals surface area contributed by atoms with Crippen LogP contribution in [0.1, 0.15) is 34.1 Å². The third-order valence-corrected chi connectivity index (χ3v) is 13.1. The minimum atomic E-state index is -2.81. The monoisotopic (exact) mass is 558 g/mol. The maximum absolute atomic E-state index is 12.8. The van der Waals surface area contributed by atoms with Gasteiger partial charge < -0.3 is 13.9 Å². The van der Waals surface area contributed by atoms with Crippen LogP contribution in [-0.2, 0) is 18.7 Å². The smallest absolute Gasteiger partial charge is 0.328 e. The summed E-state index contributed by atoms with van der Waals surface area (Å²) >= 11 is 3.47. The summed E-state index contributed by atoms with van der Waals surface area (Å²) in [6.45, 7) is 8.64. The topological polar surface area (TPSA) is 77.1 Å². The Hall–Kier alpha value is -2.04. The average Bonchev–Trinajstić information content (AvgIpc) is 3.09. The van der Waals surface area contributed by atoms with Crippen molar-refractivity contribution < 1.29 is 23.5 Å². The number of carbonyl (C=O) groups excluding carboxylic acids is 2. The van der Waals surface area contributed by atoms with Gasteiger partial charge in [-0.15, -0.1) is 0 Å². The number of imide groups is 1. The maximum atomic E-state index is 12.8. The van der Waals surface area contributed by atoms with Crippen LogP contribution in [0.4, 0.5) is 4.79 Å². The van der Waals surface area contributed by atoms with Gasteiger partial charge in [0.05, 0.1) is 12.7 Å². The summed E-state index contributed by atoms with van der Waals surface area (Å²) in [5.74, 6) is -0.415. The summed E-state index contributed by atoms with van der Waals surface area (Å²) in [7, 11) is -2.81. The second-order valence-electron chi connectivity index (χ2n) is 10.6. The van der Waals surface area contributed by atoms with Crippen LogP contribution >= 0.6 is 15.9 Å². The number of alkyl halides is 1. The molecule has 9 heteroatoms. The van der Waals surface area contributed by atoms with E-state index in [2.05, 4.69) is 90.5 Å². The SMILES string of the molecule is CC(C)(C)[Si](O[C@H]1C[C@H]2O[C@@H]1CO[C@@H]1N2C(=O)NC(=O)[C@@]1(C)Br)(c1ccccc1)c1ccccc1. The maximum Gasteiger partial charge on any atom is 0.328 e. The Bertz CT molecular complexity index is 1070. The lowest BCUT2D eigenvalue weighted by Gasteiger charge is -2.46. The molecule has 7 nitrogen and oxygen atoms in total. The highest BCUT2D eigenvalue weighted by atomic mass is 79.9. The lowest BCUT2D eigenvalue weighted by Crippen LogP contribution is -2.70. The molecule has 2 aromatic rings. The summed E-state index contributed by atoms with van der Waals surface area (Å²) in [6.07, 6.45) is -1.45. The van der Waals surface area contributed by atoms with Crippen molar-refractivity contribution in [3.05, 3.63) is 60.7 Å². The molecule has 0 aliphatic carbocycles. The molecule has 3 amide bonds. The number of nitrogens with zero attached hydrogens (tertiary/aromatic N) is 1. The number of nitrogens with one attached hydrogen (secondary N) is 1. The van der Waals surface area contributed by atoms with Gasteiger partial charge in [0.15, 0.2) is 6.23 Å². The van der Waals surface area contributed by atoms with Crippen LogP contribution in [0.3, 0.4) is 0 Å². The standard InChI is InChI=1S/C26H31BrN2O5Si/c1-25(2,3)35(17-11-7-5-8-12-17,18-13-9-6-10-14-18)34-19-15-21-29-23(32-16-20(19)33-21)26(4,27)22(30)28-24(29)31/h5-14,19-21,23H,15-16H2,1-4H3,(H,28,30,31)/t19-,20+,21+,23-,26+/m0/s1. The second kappa shape index (κ2) is 8.81. The zero-order chi connectivity index (χ0) is 25.0. The number of amides is 3. The van der Waals surface area contributed by atoms with Crippen LogP contribution in [0, 0.1) is 0 Å². The molecule has 5 atom stereocenters. The molecule has 3 saturated heterocycles. The molecular formula is C26H31BrN2O5Si. The Kier molecular flexibility index (Phi) is 6.20. The molecule has 0 aromatic heterocycles. The number of rotatable bonds is 4. The molecule has 3 fully saturated rings. The Morgan fingerprint density at radius 3 is 2.17 bits per heavy atom. The zero-order valence-corrected chi connectivity index (χ0v) is 22.9. The highest BCUT2D eigenvalue weighted by molar-refractivity contribution is 9.10. The van der Waals surface area contributed by atoms with E-state index in [1.807, 2.05) is 12.1 Å². The number of ether oxygens (including phenoxy) is 2. The van der Waals surface area contributed by atoms with Crippen LogP contribution in [0.15, 0.2) is 60.7 Å². The highest BCUT2D eigenvalue weighted by Crippen LogP contribution is 2.43. The highest BCUT2D eigenvalue weighted by Gasteiger charge is 2.59. The van der Waals surface area contributed by atoms with Gasteiger partial charge in [0.25, 0.3) is 8.32 Å². The van der Waals surface area contributed by atoms with E-state index in [9.17, 15) is 9.59 Å². The summed E-state index contributed by atoms with van der Waals surface area (Å²) < 4.78 is 18.7. The van der Waals surface area contributed by atoms with E-state index in [1.54, 1.807) is 6.92 Å². The lowest BCUT2D eigenvalue weighted by molar-refractivity contribution is -0.140. The predicted molar refractivity (Wildman–Crippen MR) is 138 cm³/mol. The molecule has 0 radical (unpaired) electrons. The molecule has 0 unspecified atom stereocenters. The van der Waals surface area contributed by atoms with E-state index in [4.69, 9.17) is 13.9 Å². The largest absolute Gasteiger partial charge is 0.402 e. The molecule has 0 saturated carbocycles. The van der Waals surface area contributed by atoms with Crippen LogP contribution in [0.5, 0.6) is 0 Å². The van der Waals surface area contributed by atoms with Crippen molar-refractivity contribution in [2.45, 2.75) is 68.1 Å². The van der Waals surface area contributed by atoms with Crippen molar-refractivity contribution in [3.8, 4) is 0 Å². The van der Waals surface area contributed by atoms with Gasteiger partial charge in [-0.3, -0.25) is 15.0 Å². The van der Waals surface area contributed by atoms with Gasteiger partial charge >= 0.3 is 6.03 Å². The molecule has 2 aromatic carbocycles. The van der Waals surface area contributed by atoms with Crippen LogP contribution < -0.4 is 15.7 Å². The van der Waals surface area contributed by atoms with Crippen molar-refractivity contribution in [1.29, 1.82) is 0 Å². The van der Waals surface area contributed by atoms with Crippen molar-refractivity contribution >= 4 is 46.6 Å². The first kappa shape index (κ1) is 24.6. The number of hydrogen-bond donors (Lipinski definition) is 1. The van der Waals surface area contributed by atoms with Crippen molar-refractivity contribution in [3.63, 3.8) is 0 Å². The minimum absolute atomic E-state index is 0.185. The first-order valence-corrected chi connectivity index (χ1v) is 14.6. The number of hydrogen-bond acceptors (Lipinski definition) is 5. The lowest BCUT2D eigenvalue weighted by atomic mass is 10.0. The fourth-order valence-electron chi connectivity index (χ4n) is 5.53. The molecular weight excluding hydrogens is 528 g/mol. The van der Waals surface area contributed by atoms with Gasteiger partial charge in [-0.2, -0.15) is 0 Å². The average molecular weight is 560 g/mol.